The molecule has 0 saturated carbocycles. The average Bonchev–Trinajstić information content (AvgIpc) is 1.83. The Bertz CT molecular complexity index is 45.7. The molecule has 0 radical (unpaired) electrons. The van der Waals surface area contributed by atoms with Gasteiger partial charge in [-0.25, -0.2) is 0 Å². The van der Waals surface area contributed by atoms with Crippen LogP contribution in [0.2, 0.25) is 0 Å². The SMILES string of the molecule is CNC(CCCl)NC. The number of hydrogen-bond donors (Lipinski definition) is 2. The second-order valence-electron chi connectivity index (χ2n) is 1.61. The van der Waals surface area contributed by atoms with Gasteiger partial charge in [0.15, 0.2) is 0 Å². The van der Waals surface area contributed by atoms with Crippen molar-refractivity contribution in [1.82, 2.24) is 10.6 Å². The van der Waals surface area contributed by atoms with Gasteiger partial charge in [0.2, 0.25) is 0 Å². The minimum absolute atomic E-state index is 0.368. The van der Waals surface area contributed by atoms with Crippen molar-refractivity contribution >= 4 is 11.6 Å². The lowest BCUT2D eigenvalue weighted by molar-refractivity contribution is 0.483. The van der Waals surface area contributed by atoms with E-state index in [-0.39, 0.29) is 0 Å². The first-order chi connectivity index (χ1) is 3.85. The van der Waals surface area contributed by atoms with Gasteiger partial charge in [-0.05, 0) is 20.5 Å². The van der Waals surface area contributed by atoms with Gasteiger partial charge in [0, 0.05) is 5.88 Å². The fourth-order valence-corrected chi connectivity index (χ4v) is 0.760. The highest BCUT2D eigenvalue weighted by Gasteiger charge is 1.97. The highest BCUT2D eigenvalue weighted by molar-refractivity contribution is 6.17. The molecule has 0 spiro atoms. The van der Waals surface area contributed by atoms with Crippen LogP contribution in [0, 0.1) is 0 Å². The first-order valence-electron chi connectivity index (χ1n) is 2.75. The van der Waals surface area contributed by atoms with Gasteiger partial charge in [0.25, 0.3) is 0 Å². The van der Waals surface area contributed by atoms with E-state index in [1.54, 1.807) is 0 Å². The van der Waals surface area contributed by atoms with E-state index in [1.807, 2.05) is 14.1 Å². The predicted molar refractivity (Wildman–Crippen MR) is 37.2 cm³/mol. The third kappa shape index (κ3) is 3.24. The highest BCUT2D eigenvalue weighted by atomic mass is 35.5. The molecule has 0 aromatic carbocycles. The molecule has 3 heteroatoms. The smallest absolute Gasteiger partial charge is 0.0578 e. The molecule has 8 heavy (non-hydrogen) atoms. The fourth-order valence-electron chi connectivity index (χ4n) is 0.542. The number of halogens is 1. The van der Waals surface area contributed by atoms with Crippen LogP contribution < -0.4 is 10.6 Å². The second-order valence-corrected chi connectivity index (χ2v) is 1.99. The first kappa shape index (κ1) is 8.21. The van der Waals surface area contributed by atoms with Crippen LogP contribution in [0.15, 0.2) is 0 Å². The molecule has 50 valence electrons. The van der Waals surface area contributed by atoms with E-state index in [2.05, 4.69) is 10.6 Å². The zero-order chi connectivity index (χ0) is 6.41. The molecule has 0 rings (SSSR count). The summed E-state index contributed by atoms with van der Waals surface area (Å²) < 4.78 is 0. The van der Waals surface area contributed by atoms with Crippen molar-refractivity contribution in [2.45, 2.75) is 12.6 Å². The van der Waals surface area contributed by atoms with Crippen LogP contribution >= 0.6 is 11.6 Å². The maximum Gasteiger partial charge on any atom is 0.0578 e. The molecule has 0 aliphatic rings. The van der Waals surface area contributed by atoms with Gasteiger partial charge in [-0.1, -0.05) is 0 Å². The molecule has 0 fully saturated rings. The monoisotopic (exact) mass is 136 g/mol. The Labute approximate surface area is 55.6 Å². The second kappa shape index (κ2) is 5.35. The highest BCUT2D eigenvalue weighted by Crippen LogP contribution is 1.87. The maximum absolute atomic E-state index is 5.47. The summed E-state index contributed by atoms with van der Waals surface area (Å²) >= 11 is 5.47. The topological polar surface area (TPSA) is 24.1 Å². The quantitative estimate of drug-likeness (QED) is 0.432. The normalized spacial score (nSPS) is 10.5. The Morgan fingerprint density at radius 2 is 1.88 bits per heavy atom. The van der Waals surface area contributed by atoms with Crippen LogP contribution in [0.4, 0.5) is 0 Å². The molecule has 0 aliphatic carbocycles. The molecule has 2 N–H and O–H groups in total. The van der Waals surface area contributed by atoms with Crippen LogP contribution in [0.3, 0.4) is 0 Å². The van der Waals surface area contributed by atoms with Gasteiger partial charge in [-0.2, -0.15) is 0 Å². The van der Waals surface area contributed by atoms with Crippen LogP contribution in [-0.2, 0) is 0 Å². The van der Waals surface area contributed by atoms with E-state index in [0.29, 0.717) is 12.0 Å². The van der Waals surface area contributed by atoms with Crippen molar-refractivity contribution in [2.24, 2.45) is 0 Å². The number of rotatable bonds is 4. The Morgan fingerprint density at radius 1 is 1.38 bits per heavy atom. The van der Waals surface area contributed by atoms with Crippen LogP contribution in [0.5, 0.6) is 0 Å². The van der Waals surface area contributed by atoms with Crippen LogP contribution in [0.1, 0.15) is 6.42 Å². The summed E-state index contributed by atoms with van der Waals surface area (Å²) in [5, 5.41) is 6.11. The van der Waals surface area contributed by atoms with E-state index in [9.17, 15) is 0 Å². The Balaban J connectivity index is 3.07. The molecule has 0 aromatic rings. The zero-order valence-corrected chi connectivity index (χ0v) is 6.13. The summed E-state index contributed by atoms with van der Waals surface area (Å²) in [6, 6.07) is 0. The number of hydrogen-bond acceptors (Lipinski definition) is 2. The Kier molecular flexibility index (Phi) is 5.49. The molecule has 0 atom stereocenters. The molecule has 0 heterocycles. The summed E-state index contributed by atoms with van der Waals surface area (Å²) in [4.78, 5) is 0. The number of alkyl halides is 1. The zero-order valence-electron chi connectivity index (χ0n) is 5.37. The van der Waals surface area contributed by atoms with Crippen LogP contribution in [0.25, 0.3) is 0 Å². The van der Waals surface area contributed by atoms with E-state index in [4.69, 9.17) is 11.6 Å². The molecule has 0 amide bonds. The van der Waals surface area contributed by atoms with Gasteiger partial charge in [0.05, 0.1) is 6.17 Å². The molecule has 0 aromatic heterocycles. The molecule has 0 saturated heterocycles. The van der Waals surface area contributed by atoms with Gasteiger partial charge in [-0.15, -0.1) is 11.6 Å². The standard InChI is InChI=1S/C5H13ClN2/c1-7-5(8-2)3-4-6/h5,7-8H,3-4H2,1-2H3. The van der Waals surface area contributed by atoms with Crippen molar-refractivity contribution in [3.8, 4) is 0 Å². The van der Waals surface area contributed by atoms with Crippen molar-refractivity contribution in [3.63, 3.8) is 0 Å². The van der Waals surface area contributed by atoms with E-state index >= 15 is 0 Å². The molecule has 0 aliphatic heterocycles. The molecular formula is C5H13ClN2. The maximum atomic E-state index is 5.47. The molecule has 0 bridgehead atoms. The van der Waals surface area contributed by atoms with E-state index in [1.165, 1.54) is 0 Å². The van der Waals surface area contributed by atoms with E-state index < -0.39 is 0 Å². The minimum Gasteiger partial charge on any atom is -0.305 e. The third-order valence-electron chi connectivity index (χ3n) is 1.09. The van der Waals surface area contributed by atoms with Crippen molar-refractivity contribution < 1.29 is 0 Å². The summed E-state index contributed by atoms with van der Waals surface area (Å²) in [5.41, 5.74) is 0. The largest absolute Gasteiger partial charge is 0.305 e. The fraction of sp³-hybridized carbons (Fsp3) is 1.00. The summed E-state index contributed by atoms with van der Waals surface area (Å²) in [5.74, 6) is 0.701. The minimum atomic E-state index is 0.368. The number of nitrogens with one attached hydrogen (secondary N) is 2. The Morgan fingerprint density at radius 3 is 2.00 bits per heavy atom. The molecular weight excluding hydrogens is 124 g/mol. The van der Waals surface area contributed by atoms with Gasteiger partial charge >= 0.3 is 0 Å². The predicted octanol–water partition coefficient (Wildman–Crippen LogP) is 0.380. The summed E-state index contributed by atoms with van der Waals surface area (Å²) in [7, 11) is 3.82. The van der Waals surface area contributed by atoms with Crippen molar-refractivity contribution in [1.29, 1.82) is 0 Å². The average molecular weight is 137 g/mol. The summed E-state index contributed by atoms with van der Waals surface area (Å²) in [6.45, 7) is 0. The van der Waals surface area contributed by atoms with Gasteiger partial charge in [0.1, 0.15) is 0 Å². The van der Waals surface area contributed by atoms with Gasteiger partial charge in [-0.3, -0.25) is 0 Å². The van der Waals surface area contributed by atoms with Crippen LogP contribution in [-0.4, -0.2) is 26.1 Å². The van der Waals surface area contributed by atoms with E-state index in [0.717, 1.165) is 6.42 Å². The summed E-state index contributed by atoms with van der Waals surface area (Å²) in [6.07, 6.45) is 1.33. The molecule has 0 unspecified atom stereocenters. The van der Waals surface area contributed by atoms with Crippen molar-refractivity contribution in [2.75, 3.05) is 20.0 Å². The Hall–Kier alpha value is 0.210. The first-order valence-corrected chi connectivity index (χ1v) is 3.29. The lowest BCUT2D eigenvalue weighted by Crippen LogP contribution is -2.37. The van der Waals surface area contributed by atoms with Gasteiger partial charge < -0.3 is 10.6 Å². The van der Waals surface area contributed by atoms with Crippen molar-refractivity contribution in [3.05, 3.63) is 0 Å². The molecule has 2 nitrogen and oxygen atoms in total. The lowest BCUT2D eigenvalue weighted by Gasteiger charge is -2.11. The lowest BCUT2D eigenvalue weighted by atomic mass is 10.4. The third-order valence-corrected chi connectivity index (χ3v) is 1.31.